The Morgan fingerprint density at radius 2 is 2.36 bits per heavy atom. The fraction of sp³-hybridized carbons (Fsp3) is 0.722. The number of aliphatic hydroxyl groups is 1. The maximum atomic E-state index is 10.7. The Morgan fingerprint density at radius 1 is 1.59 bits per heavy atom. The molecule has 0 aliphatic heterocycles. The number of fused-ring (bicyclic) bond motifs is 1. The van der Waals surface area contributed by atoms with Crippen molar-refractivity contribution in [3.8, 4) is 12.3 Å². The van der Waals surface area contributed by atoms with Gasteiger partial charge in [0.25, 0.3) is 0 Å². The number of allylic oxidation sites excluding steroid dienone is 1. The molecule has 0 heterocycles. The number of ether oxygens (including phenoxy) is 1. The molecule has 122 valence electrons. The average Bonchev–Trinajstić information content (AvgIpc) is 2.47. The number of hydrogen-bond donors (Lipinski definition) is 2. The van der Waals surface area contributed by atoms with Gasteiger partial charge in [-0.25, -0.2) is 0 Å². The standard InChI is InChI=1S/C18H26O4/c1-3-5-11-22-18-10-9-16(19)14(4-2)15(18)12-13(18)7-6-8-17(20)21/h2,7,14-16,19H,3,5-6,8-12H2,1H3,(H,20,21). The van der Waals surface area contributed by atoms with Gasteiger partial charge in [-0.2, -0.15) is 0 Å². The molecule has 2 aliphatic carbocycles. The predicted molar refractivity (Wildman–Crippen MR) is 84.2 cm³/mol. The number of rotatable bonds is 7. The topological polar surface area (TPSA) is 66.8 Å². The summed E-state index contributed by atoms with van der Waals surface area (Å²) >= 11 is 0. The van der Waals surface area contributed by atoms with Gasteiger partial charge >= 0.3 is 5.97 Å². The van der Waals surface area contributed by atoms with E-state index in [4.69, 9.17) is 16.3 Å². The number of aliphatic hydroxyl groups excluding tert-OH is 1. The lowest BCUT2D eigenvalue weighted by molar-refractivity contribution is -0.156. The molecule has 0 spiro atoms. The quantitative estimate of drug-likeness (QED) is 0.431. The summed E-state index contributed by atoms with van der Waals surface area (Å²) in [7, 11) is 0. The van der Waals surface area contributed by atoms with Gasteiger partial charge in [0.05, 0.1) is 17.6 Å². The normalized spacial score (nSPS) is 35.5. The summed E-state index contributed by atoms with van der Waals surface area (Å²) in [6.07, 6.45) is 12.2. The molecule has 0 aromatic heterocycles. The number of carbonyl (C=O) groups is 1. The van der Waals surface area contributed by atoms with E-state index in [9.17, 15) is 9.90 Å². The molecule has 0 radical (unpaired) electrons. The highest BCUT2D eigenvalue weighted by Gasteiger charge is 2.58. The van der Waals surface area contributed by atoms with Crippen molar-refractivity contribution in [2.75, 3.05) is 6.61 Å². The molecule has 4 atom stereocenters. The van der Waals surface area contributed by atoms with Crippen LogP contribution < -0.4 is 0 Å². The average molecular weight is 306 g/mol. The van der Waals surface area contributed by atoms with E-state index >= 15 is 0 Å². The summed E-state index contributed by atoms with van der Waals surface area (Å²) in [5, 5.41) is 18.9. The van der Waals surface area contributed by atoms with Crippen LogP contribution >= 0.6 is 0 Å². The zero-order valence-corrected chi connectivity index (χ0v) is 13.3. The molecule has 4 unspecified atom stereocenters. The monoisotopic (exact) mass is 306 g/mol. The largest absolute Gasteiger partial charge is 0.481 e. The third kappa shape index (κ3) is 3.21. The Balaban J connectivity index is 2.12. The van der Waals surface area contributed by atoms with Gasteiger partial charge in [0.2, 0.25) is 0 Å². The highest BCUT2D eigenvalue weighted by Crippen LogP contribution is 2.57. The number of aliphatic carboxylic acids is 1. The van der Waals surface area contributed by atoms with E-state index in [1.54, 1.807) is 0 Å². The van der Waals surface area contributed by atoms with Gasteiger partial charge in [-0.3, -0.25) is 4.79 Å². The van der Waals surface area contributed by atoms with Crippen molar-refractivity contribution in [1.29, 1.82) is 0 Å². The minimum absolute atomic E-state index is 0.139. The molecule has 4 heteroatoms. The first kappa shape index (κ1) is 17.1. The summed E-state index contributed by atoms with van der Waals surface area (Å²) < 4.78 is 6.24. The van der Waals surface area contributed by atoms with Crippen LogP contribution in [0.2, 0.25) is 0 Å². The first-order chi connectivity index (χ1) is 10.5. The minimum Gasteiger partial charge on any atom is -0.481 e. The van der Waals surface area contributed by atoms with E-state index in [-0.39, 0.29) is 23.9 Å². The molecule has 2 saturated carbocycles. The number of terminal acetylenes is 1. The van der Waals surface area contributed by atoms with E-state index in [0.29, 0.717) is 19.4 Å². The van der Waals surface area contributed by atoms with Crippen LogP contribution in [0.4, 0.5) is 0 Å². The summed E-state index contributed by atoms with van der Waals surface area (Å²) in [6.45, 7) is 2.81. The molecule has 2 N–H and O–H groups in total. The molecule has 0 amide bonds. The summed E-state index contributed by atoms with van der Waals surface area (Å²) in [4.78, 5) is 10.7. The Labute approximate surface area is 132 Å². The van der Waals surface area contributed by atoms with Gasteiger partial charge in [0, 0.05) is 18.9 Å². The van der Waals surface area contributed by atoms with Crippen LogP contribution in [-0.2, 0) is 9.53 Å². The highest BCUT2D eigenvalue weighted by molar-refractivity contribution is 5.66. The van der Waals surface area contributed by atoms with Crippen LogP contribution in [0.5, 0.6) is 0 Å². The maximum absolute atomic E-state index is 10.7. The van der Waals surface area contributed by atoms with Gasteiger partial charge in [0.1, 0.15) is 0 Å². The first-order valence-corrected chi connectivity index (χ1v) is 8.24. The second-order valence-corrected chi connectivity index (χ2v) is 6.36. The van der Waals surface area contributed by atoms with Crippen LogP contribution in [0.1, 0.15) is 51.9 Å². The van der Waals surface area contributed by atoms with E-state index < -0.39 is 12.1 Å². The van der Waals surface area contributed by atoms with E-state index in [0.717, 1.165) is 25.7 Å². The lowest BCUT2D eigenvalue weighted by Gasteiger charge is -2.57. The van der Waals surface area contributed by atoms with E-state index in [1.807, 2.05) is 6.08 Å². The minimum atomic E-state index is -0.783. The van der Waals surface area contributed by atoms with Gasteiger partial charge in [-0.1, -0.05) is 19.4 Å². The summed E-state index contributed by atoms with van der Waals surface area (Å²) in [5.41, 5.74) is 0.825. The molecule has 2 aliphatic rings. The molecular weight excluding hydrogens is 280 g/mol. The molecule has 0 saturated heterocycles. The Morgan fingerprint density at radius 3 is 3.00 bits per heavy atom. The predicted octanol–water partition coefficient (Wildman–Crippen LogP) is 2.76. The fourth-order valence-electron chi connectivity index (χ4n) is 3.78. The van der Waals surface area contributed by atoms with E-state index in [1.165, 1.54) is 5.57 Å². The molecular formula is C18H26O4. The second kappa shape index (κ2) is 7.30. The van der Waals surface area contributed by atoms with Gasteiger partial charge < -0.3 is 14.9 Å². The van der Waals surface area contributed by atoms with Crippen LogP contribution in [-0.4, -0.2) is 34.5 Å². The fourth-order valence-corrected chi connectivity index (χ4v) is 3.78. The van der Waals surface area contributed by atoms with E-state index in [2.05, 4.69) is 12.8 Å². The first-order valence-electron chi connectivity index (χ1n) is 8.24. The van der Waals surface area contributed by atoms with Crippen molar-refractivity contribution in [3.05, 3.63) is 11.6 Å². The van der Waals surface area contributed by atoms with Crippen molar-refractivity contribution in [2.45, 2.75) is 63.6 Å². The lowest BCUT2D eigenvalue weighted by Crippen LogP contribution is -2.60. The molecule has 4 nitrogen and oxygen atoms in total. The molecule has 0 aromatic carbocycles. The highest BCUT2D eigenvalue weighted by atomic mass is 16.5. The van der Waals surface area contributed by atoms with Gasteiger partial charge in [0.15, 0.2) is 0 Å². The number of unbranched alkanes of at least 4 members (excludes halogenated alkanes) is 1. The van der Waals surface area contributed by atoms with Crippen molar-refractivity contribution >= 4 is 5.97 Å². The van der Waals surface area contributed by atoms with Crippen molar-refractivity contribution in [3.63, 3.8) is 0 Å². The third-order valence-electron chi connectivity index (χ3n) is 5.04. The third-order valence-corrected chi connectivity index (χ3v) is 5.04. The van der Waals surface area contributed by atoms with Crippen LogP contribution in [0.25, 0.3) is 0 Å². The van der Waals surface area contributed by atoms with Crippen molar-refractivity contribution in [1.82, 2.24) is 0 Å². The molecule has 0 bridgehead atoms. The number of carboxylic acid groups (broad SMARTS) is 1. The van der Waals surface area contributed by atoms with Gasteiger partial charge in [-0.05, 0) is 37.7 Å². The molecule has 2 rings (SSSR count). The molecule has 2 fully saturated rings. The smallest absolute Gasteiger partial charge is 0.303 e. The maximum Gasteiger partial charge on any atom is 0.303 e. The Bertz CT molecular complexity index is 476. The summed E-state index contributed by atoms with van der Waals surface area (Å²) in [6, 6.07) is 0. The van der Waals surface area contributed by atoms with Gasteiger partial charge in [-0.15, -0.1) is 12.3 Å². The number of hydrogen-bond acceptors (Lipinski definition) is 3. The lowest BCUT2D eigenvalue weighted by atomic mass is 9.53. The SMILES string of the molecule is C#CC1C(O)CCC2(OCCCC)C(=CCCC(=O)O)CC12. The van der Waals surface area contributed by atoms with Crippen LogP contribution in [0, 0.1) is 24.2 Å². The zero-order valence-electron chi connectivity index (χ0n) is 13.3. The number of carboxylic acids is 1. The van der Waals surface area contributed by atoms with Crippen molar-refractivity contribution < 1.29 is 19.7 Å². The molecule has 0 aromatic rings. The van der Waals surface area contributed by atoms with Crippen molar-refractivity contribution in [2.24, 2.45) is 11.8 Å². The zero-order chi connectivity index (χ0) is 16.2. The molecule has 22 heavy (non-hydrogen) atoms. The Kier molecular flexibility index (Phi) is 5.66. The van der Waals surface area contributed by atoms with Crippen LogP contribution in [0.15, 0.2) is 11.6 Å². The second-order valence-electron chi connectivity index (χ2n) is 6.36. The Hall–Kier alpha value is -1.31. The summed E-state index contributed by atoms with van der Waals surface area (Å²) in [5.74, 6) is 1.96. The van der Waals surface area contributed by atoms with Crippen LogP contribution in [0.3, 0.4) is 0 Å².